The smallest absolute Gasteiger partial charge is 0.379 e. The Kier molecular flexibility index (Phi) is 7.36. The van der Waals surface area contributed by atoms with E-state index in [1.165, 1.54) is 11.4 Å². The number of hydrogen-bond acceptors (Lipinski definition) is 6. The molecular weight excluding hydrogens is 285 g/mol. The maximum atomic E-state index is 12.7. The lowest BCUT2D eigenvalue weighted by molar-refractivity contribution is 0.0472. The molecule has 0 spiro atoms. The molecule has 1 fully saturated rings. The lowest BCUT2D eigenvalue weighted by atomic mass is 10.2. The van der Waals surface area contributed by atoms with Crippen LogP contribution in [0.25, 0.3) is 0 Å². The Morgan fingerprint density at radius 2 is 1.95 bits per heavy atom. The fourth-order valence-corrected chi connectivity index (χ4v) is 5.52. The molecule has 19 heavy (non-hydrogen) atoms. The van der Waals surface area contributed by atoms with Gasteiger partial charge in [-0.05, 0) is 38.6 Å². The third kappa shape index (κ3) is 7.69. The minimum atomic E-state index is -3.09. The van der Waals surface area contributed by atoms with Crippen LogP contribution in [0.2, 0.25) is 0 Å². The highest BCUT2D eigenvalue weighted by Gasteiger charge is 2.32. The average Bonchev–Trinajstić information content (AvgIpc) is 2.33. The van der Waals surface area contributed by atoms with Gasteiger partial charge < -0.3 is 9.26 Å². The third-order valence-corrected chi connectivity index (χ3v) is 6.24. The summed E-state index contributed by atoms with van der Waals surface area (Å²) in [7, 11) is 0. The molecule has 0 aromatic heterocycles. The normalized spacial score (nSPS) is 21.3. The van der Waals surface area contributed by atoms with E-state index in [0.717, 1.165) is 32.7 Å². The molecule has 0 aliphatic carbocycles. The van der Waals surface area contributed by atoms with Crippen LogP contribution in [-0.2, 0) is 18.3 Å². The second-order valence-corrected chi connectivity index (χ2v) is 9.44. The molecule has 1 aliphatic heterocycles. The quantitative estimate of drug-likeness (QED) is 0.672. The van der Waals surface area contributed by atoms with Crippen molar-refractivity contribution in [2.24, 2.45) is 0 Å². The molecule has 0 saturated carbocycles. The molecule has 1 unspecified atom stereocenters. The van der Waals surface area contributed by atoms with Crippen molar-refractivity contribution in [3.8, 4) is 0 Å². The lowest BCUT2D eigenvalue weighted by Gasteiger charge is -2.30. The Balaban J connectivity index is 2.50. The highest BCUT2D eigenvalue weighted by molar-refractivity contribution is 8.55. The topological polar surface area (TPSA) is 48.0 Å². The van der Waals surface area contributed by atoms with Crippen LogP contribution < -0.4 is 0 Å². The molecular formula is C12H26NO4PS. The van der Waals surface area contributed by atoms with Crippen LogP contribution in [0.4, 0.5) is 0 Å². The second kappa shape index (κ2) is 8.01. The van der Waals surface area contributed by atoms with Gasteiger partial charge in [-0.2, -0.15) is 0 Å². The summed E-state index contributed by atoms with van der Waals surface area (Å²) >= 11 is 1.28. The Morgan fingerprint density at radius 3 is 2.47 bits per heavy atom. The fourth-order valence-electron chi connectivity index (χ4n) is 1.51. The summed E-state index contributed by atoms with van der Waals surface area (Å²) < 4.78 is 29.1. The Labute approximate surface area is 120 Å². The van der Waals surface area contributed by atoms with Crippen LogP contribution in [0.3, 0.4) is 0 Å². The zero-order valence-corrected chi connectivity index (χ0v) is 14.1. The van der Waals surface area contributed by atoms with Gasteiger partial charge in [-0.15, -0.1) is 0 Å². The van der Waals surface area contributed by atoms with Gasteiger partial charge in [0, 0.05) is 13.1 Å². The van der Waals surface area contributed by atoms with Crippen molar-refractivity contribution in [2.45, 2.75) is 39.7 Å². The van der Waals surface area contributed by atoms with Crippen molar-refractivity contribution < 1.29 is 18.3 Å². The van der Waals surface area contributed by atoms with Gasteiger partial charge in [0.05, 0.1) is 31.3 Å². The molecule has 1 aliphatic rings. The maximum Gasteiger partial charge on any atom is 0.390 e. The van der Waals surface area contributed by atoms with Gasteiger partial charge in [-0.3, -0.25) is 9.42 Å². The number of hydrogen-bond donors (Lipinski definition) is 0. The van der Waals surface area contributed by atoms with Gasteiger partial charge >= 0.3 is 6.80 Å². The number of morpholine rings is 1. The van der Waals surface area contributed by atoms with Gasteiger partial charge in [-0.25, -0.2) is 4.57 Å². The predicted octanol–water partition coefficient (Wildman–Crippen LogP) is 3.36. The molecule has 0 bridgehead atoms. The molecule has 114 valence electrons. The SMILES string of the molecule is CCCOP(=O)(OC(C)(C)C)SCN1CCOCC1. The van der Waals surface area contributed by atoms with Crippen LogP contribution in [0.1, 0.15) is 34.1 Å². The predicted molar refractivity (Wildman–Crippen MR) is 79.5 cm³/mol. The van der Waals surface area contributed by atoms with Crippen LogP contribution in [0.15, 0.2) is 0 Å². The molecule has 0 aromatic rings. The van der Waals surface area contributed by atoms with Crippen molar-refractivity contribution in [1.82, 2.24) is 4.90 Å². The first kappa shape index (κ1) is 17.5. The summed E-state index contributed by atoms with van der Waals surface area (Å²) in [5, 5.41) is 0. The molecule has 1 rings (SSSR count). The van der Waals surface area contributed by atoms with Gasteiger partial charge in [0.1, 0.15) is 0 Å². The van der Waals surface area contributed by atoms with Crippen molar-refractivity contribution in [2.75, 3.05) is 38.8 Å². The largest absolute Gasteiger partial charge is 0.390 e. The molecule has 5 nitrogen and oxygen atoms in total. The Morgan fingerprint density at radius 1 is 1.32 bits per heavy atom. The molecule has 0 aromatic carbocycles. The third-order valence-electron chi connectivity index (χ3n) is 2.34. The van der Waals surface area contributed by atoms with E-state index < -0.39 is 12.4 Å². The van der Waals surface area contributed by atoms with Crippen molar-refractivity contribution in [3.63, 3.8) is 0 Å². The summed E-state index contributed by atoms with van der Waals surface area (Å²) in [5.74, 6) is 0.653. The summed E-state index contributed by atoms with van der Waals surface area (Å²) in [5.41, 5.74) is -0.471. The zero-order chi connectivity index (χ0) is 14.4. The second-order valence-electron chi connectivity index (χ2n) is 5.47. The van der Waals surface area contributed by atoms with E-state index in [4.69, 9.17) is 13.8 Å². The molecule has 1 heterocycles. The number of nitrogens with zero attached hydrogens (tertiary/aromatic N) is 1. The minimum absolute atomic E-state index is 0.462. The molecule has 1 atom stereocenters. The monoisotopic (exact) mass is 311 g/mol. The van der Waals surface area contributed by atoms with Crippen LogP contribution >= 0.6 is 18.2 Å². The Hall–Kier alpha value is 0.420. The zero-order valence-electron chi connectivity index (χ0n) is 12.4. The average molecular weight is 311 g/mol. The standard InChI is InChI=1S/C12H26NO4PS/c1-5-8-16-18(14,17-12(2,3)4)19-11-13-6-9-15-10-7-13/h5-11H2,1-4H3. The molecule has 0 radical (unpaired) electrons. The first-order valence-corrected chi connectivity index (χ1v) is 9.88. The summed E-state index contributed by atoms with van der Waals surface area (Å²) in [6.45, 7) is 8.26. The van der Waals surface area contributed by atoms with Crippen LogP contribution in [-0.4, -0.2) is 49.3 Å². The first-order chi connectivity index (χ1) is 8.85. The first-order valence-electron chi connectivity index (χ1n) is 6.74. The summed E-state index contributed by atoms with van der Waals surface area (Å²) in [6.07, 6.45) is 0.829. The van der Waals surface area contributed by atoms with E-state index in [1.54, 1.807) is 0 Å². The molecule has 1 saturated heterocycles. The van der Waals surface area contributed by atoms with E-state index in [-0.39, 0.29) is 0 Å². The fraction of sp³-hybridized carbons (Fsp3) is 1.00. The van der Waals surface area contributed by atoms with E-state index in [1.807, 2.05) is 27.7 Å². The van der Waals surface area contributed by atoms with E-state index in [9.17, 15) is 4.57 Å². The molecule has 0 N–H and O–H groups in total. The molecule has 0 amide bonds. The van der Waals surface area contributed by atoms with Gasteiger partial charge in [-0.1, -0.05) is 6.92 Å². The van der Waals surface area contributed by atoms with Gasteiger partial charge in [0.25, 0.3) is 0 Å². The maximum absolute atomic E-state index is 12.7. The van der Waals surface area contributed by atoms with Crippen LogP contribution in [0.5, 0.6) is 0 Å². The van der Waals surface area contributed by atoms with Crippen LogP contribution in [0, 0.1) is 0 Å². The number of rotatable bonds is 7. The Bertz CT molecular complexity index is 303. The van der Waals surface area contributed by atoms with Crippen molar-refractivity contribution in [3.05, 3.63) is 0 Å². The van der Waals surface area contributed by atoms with Crippen molar-refractivity contribution >= 4 is 18.2 Å². The highest BCUT2D eigenvalue weighted by Crippen LogP contribution is 2.62. The van der Waals surface area contributed by atoms with E-state index >= 15 is 0 Å². The van der Waals surface area contributed by atoms with Crippen molar-refractivity contribution in [1.29, 1.82) is 0 Å². The van der Waals surface area contributed by atoms with Gasteiger partial charge in [0.15, 0.2) is 0 Å². The van der Waals surface area contributed by atoms with E-state index in [2.05, 4.69) is 4.90 Å². The summed E-state index contributed by atoms with van der Waals surface area (Å²) in [4.78, 5) is 2.21. The lowest BCUT2D eigenvalue weighted by Crippen LogP contribution is -2.35. The van der Waals surface area contributed by atoms with E-state index in [0.29, 0.717) is 12.5 Å². The molecule has 7 heteroatoms. The van der Waals surface area contributed by atoms with Gasteiger partial charge in [0.2, 0.25) is 0 Å². The minimum Gasteiger partial charge on any atom is -0.379 e. The number of ether oxygens (including phenoxy) is 1. The highest BCUT2D eigenvalue weighted by atomic mass is 32.7. The summed E-state index contributed by atoms with van der Waals surface area (Å²) in [6, 6.07) is 0.